The number of aromatic amines is 2. The lowest BCUT2D eigenvalue weighted by Crippen LogP contribution is -2.26. The molecule has 0 radical (unpaired) electrons. The number of hydrogen-bond donors (Lipinski definition) is 2. The fraction of sp³-hybridized carbons (Fsp3) is 0.100. The lowest BCUT2D eigenvalue weighted by Gasteiger charge is -2.07. The van der Waals surface area contributed by atoms with Crippen molar-refractivity contribution in [1.82, 2.24) is 10.6 Å². The Morgan fingerprint density at radius 3 is 1.65 bits per heavy atom. The van der Waals surface area contributed by atoms with Crippen LogP contribution in [-0.2, 0) is 13.1 Å². The van der Waals surface area contributed by atoms with Gasteiger partial charge in [-0.3, -0.25) is 9.59 Å². The smallest absolute Gasteiger partial charge is 0.251 e. The van der Waals surface area contributed by atoms with Crippen LogP contribution in [-0.4, -0.2) is 11.8 Å². The van der Waals surface area contributed by atoms with Crippen LogP contribution in [0.15, 0.2) is 73.3 Å². The van der Waals surface area contributed by atoms with Crippen LogP contribution in [0.25, 0.3) is 0 Å². The average molecular weight is 348 g/mol. The van der Waals surface area contributed by atoms with E-state index in [2.05, 4.69) is 20.6 Å². The molecule has 0 saturated heterocycles. The molecular formula is C20H20N4O2+2. The molecule has 2 heterocycles. The van der Waals surface area contributed by atoms with Gasteiger partial charge in [0.05, 0.1) is 0 Å². The molecule has 3 rings (SSSR count). The average Bonchev–Trinajstić information content (AvgIpc) is 2.72. The quantitative estimate of drug-likeness (QED) is 0.701. The summed E-state index contributed by atoms with van der Waals surface area (Å²) in [6.07, 6.45) is 7.26. The lowest BCUT2D eigenvalue weighted by atomic mass is 10.1. The van der Waals surface area contributed by atoms with E-state index < -0.39 is 0 Å². The summed E-state index contributed by atoms with van der Waals surface area (Å²) in [5, 5.41) is 5.69. The number of carbonyl (C=O) groups excluding carboxylic acids is 2. The van der Waals surface area contributed by atoms with Gasteiger partial charge in [0.25, 0.3) is 11.8 Å². The molecule has 1 aromatic carbocycles. The highest BCUT2D eigenvalue weighted by molar-refractivity contribution is 5.99. The normalized spacial score (nSPS) is 10.2. The van der Waals surface area contributed by atoms with Gasteiger partial charge < -0.3 is 10.6 Å². The SMILES string of the molecule is O=C(NCc1ccc[nH+]c1)c1cccc(C(=O)NCc2ccc[nH+]c2)c1. The Balaban J connectivity index is 1.60. The van der Waals surface area contributed by atoms with Crippen LogP contribution in [0.4, 0.5) is 0 Å². The molecule has 2 aromatic heterocycles. The Hall–Kier alpha value is -3.54. The van der Waals surface area contributed by atoms with Crippen LogP contribution < -0.4 is 20.6 Å². The van der Waals surface area contributed by atoms with Gasteiger partial charge in [0, 0.05) is 47.5 Å². The number of carbonyl (C=O) groups is 2. The number of amides is 2. The second kappa shape index (κ2) is 8.53. The third-order valence-corrected chi connectivity index (χ3v) is 3.84. The van der Waals surface area contributed by atoms with Gasteiger partial charge >= 0.3 is 0 Å². The number of pyridine rings is 2. The zero-order valence-electron chi connectivity index (χ0n) is 14.2. The van der Waals surface area contributed by atoms with Gasteiger partial charge in [0.1, 0.15) is 0 Å². The molecule has 0 bridgehead atoms. The Morgan fingerprint density at radius 1 is 0.731 bits per heavy atom. The van der Waals surface area contributed by atoms with E-state index in [9.17, 15) is 9.59 Å². The zero-order valence-corrected chi connectivity index (χ0v) is 14.2. The lowest BCUT2D eigenvalue weighted by molar-refractivity contribution is -0.379. The predicted octanol–water partition coefficient (Wildman–Crippen LogP) is 1.17. The standard InChI is InChI=1S/C20H18N4O2/c25-19(23-13-15-4-2-8-21-11-15)17-6-1-7-18(10-17)20(26)24-14-16-5-3-9-22-12-16/h1-12H,13-14H2,(H,23,25)(H,24,26)/p+2. The van der Waals surface area contributed by atoms with Crippen molar-refractivity contribution in [2.45, 2.75) is 13.1 Å². The Morgan fingerprint density at radius 2 is 1.23 bits per heavy atom. The van der Waals surface area contributed by atoms with Crippen LogP contribution in [0.3, 0.4) is 0 Å². The molecule has 0 aliphatic heterocycles. The highest BCUT2D eigenvalue weighted by atomic mass is 16.2. The monoisotopic (exact) mass is 348 g/mol. The van der Waals surface area contributed by atoms with Crippen molar-refractivity contribution in [3.63, 3.8) is 0 Å². The summed E-state index contributed by atoms with van der Waals surface area (Å²) in [6.45, 7) is 0.828. The van der Waals surface area contributed by atoms with Crippen molar-refractivity contribution in [2.24, 2.45) is 0 Å². The van der Waals surface area contributed by atoms with E-state index in [1.54, 1.807) is 36.7 Å². The van der Waals surface area contributed by atoms with Gasteiger partial charge in [-0.2, -0.15) is 0 Å². The number of H-pyrrole nitrogens is 2. The first-order chi connectivity index (χ1) is 12.7. The molecule has 2 amide bonds. The first-order valence-electron chi connectivity index (χ1n) is 8.29. The van der Waals surface area contributed by atoms with Gasteiger partial charge in [-0.1, -0.05) is 6.07 Å². The maximum Gasteiger partial charge on any atom is 0.251 e. The second-order valence-electron chi connectivity index (χ2n) is 5.77. The maximum absolute atomic E-state index is 12.3. The van der Waals surface area contributed by atoms with Crippen LogP contribution in [0.2, 0.25) is 0 Å². The fourth-order valence-corrected chi connectivity index (χ4v) is 2.45. The molecule has 0 saturated carbocycles. The largest absolute Gasteiger partial charge is 0.348 e. The molecule has 26 heavy (non-hydrogen) atoms. The van der Waals surface area contributed by atoms with Gasteiger partial charge in [-0.15, -0.1) is 0 Å². The Labute approximate surface area is 151 Å². The summed E-state index contributed by atoms with van der Waals surface area (Å²) in [5.41, 5.74) is 2.83. The molecule has 6 heteroatoms. The highest BCUT2D eigenvalue weighted by Crippen LogP contribution is 2.06. The number of rotatable bonds is 6. The molecule has 0 spiro atoms. The van der Waals surface area contributed by atoms with E-state index >= 15 is 0 Å². The summed E-state index contributed by atoms with van der Waals surface area (Å²) in [5.74, 6) is -0.442. The molecule has 0 unspecified atom stereocenters. The number of hydrogen-bond acceptors (Lipinski definition) is 2. The van der Waals surface area contributed by atoms with Crippen LogP contribution in [0, 0.1) is 0 Å². The van der Waals surface area contributed by atoms with Crippen molar-refractivity contribution < 1.29 is 19.6 Å². The van der Waals surface area contributed by atoms with E-state index in [0.717, 1.165) is 11.1 Å². The minimum Gasteiger partial charge on any atom is -0.348 e. The first-order valence-corrected chi connectivity index (χ1v) is 8.29. The molecule has 0 fully saturated rings. The molecular weight excluding hydrogens is 328 g/mol. The summed E-state index contributed by atoms with van der Waals surface area (Å²) in [4.78, 5) is 30.6. The van der Waals surface area contributed by atoms with Crippen molar-refractivity contribution in [3.05, 3.63) is 95.6 Å². The topological polar surface area (TPSA) is 86.5 Å². The van der Waals surface area contributed by atoms with E-state index in [1.807, 2.05) is 36.7 Å². The predicted molar refractivity (Wildman–Crippen MR) is 94.8 cm³/mol. The van der Waals surface area contributed by atoms with E-state index in [1.165, 1.54) is 0 Å². The summed E-state index contributed by atoms with van der Waals surface area (Å²) >= 11 is 0. The maximum atomic E-state index is 12.3. The third kappa shape index (κ3) is 4.73. The van der Waals surface area contributed by atoms with Crippen LogP contribution in [0.1, 0.15) is 31.8 Å². The molecule has 0 aliphatic rings. The number of benzene rings is 1. The van der Waals surface area contributed by atoms with Gasteiger partial charge in [-0.05, 0) is 30.3 Å². The third-order valence-electron chi connectivity index (χ3n) is 3.84. The highest BCUT2D eigenvalue weighted by Gasteiger charge is 2.11. The molecule has 3 aromatic rings. The van der Waals surface area contributed by atoms with E-state index in [-0.39, 0.29) is 11.8 Å². The van der Waals surface area contributed by atoms with Crippen molar-refractivity contribution >= 4 is 11.8 Å². The Bertz CT molecular complexity index is 812. The number of aromatic nitrogens is 2. The van der Waals surface area contributed by atoms with Crippen LogP contribution in [0.5, 0.6) is 0 Å². The zero-order chi connectivity index (χ0) is 18.2. The van der Waals surface area contributed by atoms with E-state index in [4.69, 9.17) is 0 Å². The first kappa shape index (κ1) is 17.3. The molecule has 6 nitrogen and oxygen atoms in total. The molecule has 0 aliphatic carbocycles. The van der Waals surface area contributed by atoms with Crippen molar-refractivity contribution in [2.75, 3.05) is 0 Å². The number of nitrogens with one attached hydrogen (secondary N) is 4. The second-order valence-corrected chi connectivity index (χ2v) is 5.77. The minimum atomic E-state index is -0.221. The molecule has 4 N–H and O–H groups in total. The molecule has 130 valence electrons. The molecule has 0 atom stereocenters. The van der Waals surface area contributed by atoms with Gasteiger partial charge in [-0.25, -0.2) is 9.97 Å². The minimum absolute atomic E-state index is 0.221. The summed E-state index contributed by atoms with van der Waals surface area (Å²) < 4.78 is 0. The summed E-state index contributed by atoms with van der Waals surface area (Å²) in [7, 11) is 0. The van der Waals surface area contributed by atoms with Crippen LogP contribution >= 0.6 is 0 Å². The Kier molecular flexibility index (Phi) is 5.67. The van der Waals surface area contributed by atoms with E-state index in [0.29, 0.717) is 24.2 Å². The van der Waals surface area contributed by atoms with Crippen molar-refractivity contribution in [1.29, 1.82) is 0 Å². The van der Waals surface area contributed by atoms with Gasteiger partial charge in [0.15, 0.2) is 24.8 Å². The van der Waals surface area contributed by atoms with Gasteiger partial charge in [0.2, 0.25) is 0 Å². The fourth-order valence-electron chi connectivity index (χ4n) is 2.45. The summed E-state index contributed by atoms with van der Waals surface area (Å²) in [6, 6.07) is 14.3. The van der Waals surface area contributed by atoms with Crippen molar-refractivity contribution in [3.8, 4) is 0 Å².